The van der Waals surface area contributed by atoms with Gasteiger partial charge < -0.3 is 0 Å². The quantitative estimate of drug-likeness (QED) is 0.726. The Morgan fingerprint density at radius 1 is 1.06 bits per heavy atom. The van der Waals surface area contributed by atoms with Gasteiger partial charge in [0.25, 0.3) is 0 Å². The number of nitrogens with zero attached hydrogens (tertiary/aromatic N) is 1. The lowest BCUT2D eigenvalue weighted by Gasteiger charge is -2.10. The fourth-order valence-corrected chi connectivity index (χ4v) is 1.85. The predicted molar refractivity (Wildman–Crippen MR) is 68.5 cm³/mol. The van der Waals surface area contributed by atoms with Crippen LogP contribution in [0, 0.1) is 6.92 Å². The molecule has 0 saturated heterocycles. The largest absolute Gasteiger partial charge is 0.264 e. The first-order chi connectivity index (χ1) is 7.66. The Balaban J connectivity index is 2.50. The third kappa shape index (κ3) is 2.30. The van der Waals surface area contributed by atoms with Crippen LogP contribution in [-0.4, -0.2) is 4.98 Å². The van der Waals surface area contributed by atoms with Gasteiger partial charge in [-0.15, -0.1) is 0 Å². The molecule has 0 N–H and O–H groups in total. The summed E-state index contributed by atoms with van der Waals surface area (Å²) in [6.07, 6.45) is 3.72. The van der Waals surface area contributed by atoms with Crippen molar-refractivity contribution in [3.05, 3.63) is 53.9 Å². The number of benzene rings is 1. The number of aryl methyl sites for hydroxylation is 1. The highest BCUT2D eigenvalue weighted by Crippen LogP contribution is 2.25. The third-order valence-electron chi connectivity index (χ3n) is 2.76. The van der Waals surface area contributed by atoms with Crippen molar-refractivity contribution < 1.29 is 0 Å². The summed E-state index contributed by atoms with van der Waals surface area (Å²) < 4.78 is 0. The minimum atomic E-state index is 0.565. The molecule has 0 radical (unpaired) electrons. The summed E-state index contributed by atoms with van der Waals surface area (Å²) >= 11 is 0. The van der Waals surface area contributed by atoms with Gasteiger partial charge in [0.15, 0.2) is 0 Å². The van der Waals surface area contributed by atoms with Gasteiger partial charge in [-0.1, -0.05) is 43.7 Å². The molecule has 16 heavy (non-hydrogen) atoms. The van der Waals surface area contributed by atoms with E-state index >= 15 is 0 Å². The zero-order valence-electron chi connectivity index (χ0n) is 10.1. The van der Waals surface area contributed by atoms with Crippen molar-refractivity contribution in [1.29, 1.82) is 0 Å². The van der Waals surface area contributed by atoms with Gasteiger partial charge in [0, 0.05) is 18.0 Å². The molecule has 1 heterocycles. The standard InChI is InChI=1S/C15H17N/c1-11(2)14-7-12(3)8-15(9-14)13-5-4-6-16-10-13/h4-11H,1-3H3. The van der Waals surface area contributed by atoms with Crippen molar-refractivity contribution in [2.24, 2.45) is 0 Å². The van der Waals surface area contributed by atoms with E-state index in [9.17, 15) is 0 Å². The van der Waals surface area contributed by atoms with Crippen LogP contribution < -0.4 is 0 Å². The minimum Gasteiger partial charge on any atom is -0.264 e. The van der Waals surface area contributed by atoms with Gasteiger partial charge in [0.1, 0.15) is 0 Å². The Kier molecular flexibility index (Phi) is 3.04. The van der Waals surface area contributed by atoms with Crippen LogP contribution in [0.3, 0.4) is 0 Å². The number of hydrogen-bond donors (Lipinski definition) is 0. The molecule has 0 aliphatic heterocycles. The van der Waals surface area contributed by atoms with Gasteiger partial charge in [-0.2, -0.15) is 0 Å². The van der Waals surface area contributed by atoms with Crippen molar-refractivity contribution in [2.75, 3.05) is 0 Å². The molecule has 0 amide bonds. The van der Waals surface area contributed by atoms with Gasteiger partial charge in [0.2, 0.25) is 0 Å². The Morgan fingerprint density at radius 3 is 2.50 bits per heavy atom. The van der Waals surface area contributed by atoms with Gasteiger partial charge in [-0.3, -0.25) is 4.98 Å². The first-order valence-electron chi connectivity index (χ1n) is 5.69. The van der Waals surface area contributed by atoms with Gasteiger partial charge >= 0.3 is 0 Å². The molecule has 0 fully saturated rings. The molecule has 0 aliphatic carbocycles. The Bertz CT molecular complexity index is 472. The van der Waals surface area contributed by atoms with Crippen LogP contribution in [0.15, 0.2) is 42.7 Å². The molecular formula is C15H17N. The number of rotatable bonds is 2. The first kappa shape index (κ1) is 10.9. The topological polar surface area (TPSA) is 12.9 Å². The zero-order valence-corrected chi connectivity index (χ0v) is 10.1. The van der Waals surface area contributed by atoms with Gasteiger partial charge in [0.05, 0.1) is 0 Å². The maximum atomic E-state index is 4.17. The summed E-state index contributed by atoms with van der Waals surface area (Å²) in [5, 5.41) is 0. The van der Waals surface area contributed by atoms with E-state index in [2.05, 4.69) is 50.0 Å². The second kappa shape index (κ2) is 4.48. The van der Waals surface area contributed by atoms with Gasteiger partial charge in [-0.05, 0) is 30.0 Å². The lowest BCUT2D eigenvalue weighted by atomic mass is 9.96. The normalized spacial score (nSPS) is 10.8. The van der Waals surface area contributed by atoms with Crippen molar-refractivity contribution in [2.45, 2.75) is 26.7 Å². The first-order valence-corrected chi connectivity index (χ1v) is 5.69. The molecule has 2 aromatic rings. The summed E-state index contributed by atoms with van der Waals surface area (Å²) in [4.78, 5) is 4.17. The Labute approximate surface area is 97.2 Å². The lowest BCUT2D eigenvalue weighted by Crippen LogP contribution is -1.90. The fraction of sp³-hybridized carbons (Fsp3) is 0.267. The van der Waals surface area contributed by atoms with Crippen LogP contribution in [0.1, 0.15) is 30.9 Å². The van der Waals surface area contributed by atoms with Gasteiger partial charge in [-0.25, -0.2) is 0 Å². The van der Waals surface area contributed by atoms with E-state index in [-0.39, 0.29) is 0 Å². The molecule has 0 spiro atoms. The number of pyridine rings is 1. The van der Waals surface area contributed by atoms with Crippen molar-refractivity contribution >= 4 is 0 Å². The maximum Gasteiger partial charge on any atom is 0.0346 e. The van der Waals surface area contributed by atoms with Crippen molar-refractivity contribution in [3.8, 4) is 11.1 Å². The highest BCUT2D eigenvalue weighted by atomic mass is 14.6. The number of hydrogen-bond acceptors (Lipinski definition) is 1. The predicted octanol–water partition coefficient (Wildman–Crippen LogP) is 4.18. The second-order valence-electron chi connectivity index (χ2n) is 4.53. The molecule has 0 bridgehead atoms. The average Bonchev–Trinajstić information content (AvgIpc) is 2.29. The number of aromatic nitrogens is 1. The highest BCUT2D eigenvalue weighted by Gasteiger charge is 2.04. The van der Waals surface area contributed by atoms with E-state index in [1.54, 1.807) is 0 Å². The van der Waals surface area contributed by atoms with E-state index in [1.165, 1.54) is 22.3 Å². The van der Waals surface area contributed by atoms with Crippen LogP contribution in [0.25, 0.3) is 11.1 Å². The van der Waals surface area contributed by atoms with Crippen LogP contribution in [-0.2, 0) is 0 Å². The van der Waals surface area contributed by atoms with E-state index < -0.39 is 0 Å². The summed E-state index contributed by atoms with van der Waals surface area (Å²) in [5.74, 6) is 0.565. The lowest BCUT2D eigenvalue weighted by molar-refractivity contribution is 0.865. The van der Waals surface area contributed by atoms with E-state index in [0.717, 1.165) is 0 Å². The molecular weight excluding hydrogens is 194 g/mol. The van der Waals surface area contributed by atoms with Crippen molar-refractivity contribution in [1.82, 2.24) is 4.98 Å². The van der Waals surface area contributed by atoms with E-state index in [0.29, 0.717) is 5.92 Å². The third-order valence-corrected chi connectivity index (χ3v) is 2.76. The van der Waals surface area contributed by atoms with Crippen LogP contribution in [0.5, 0.6) is 0 Å². The Hall–Kier alpha value is -1.63. The van der Waals surface area contributed by atoms with E-state index in [1.807, 2.05) is 18.5 Å². The molecule has 0 unspecified atom stereocenters. The molecule has 0 saturated carbocycles. The van der Waals surface area contributed by atoms with E-state index in [4.69, 9.17) is 0 Å². The van der Waals surface area contributed by atoms with Crippen LogP contribution in [0.2, 0.25) is 0 Å². The maximum absolute atomic E-state index is 4.17. The average molecular weight is 211 g/mol. The second-order valence-corrected chi connectivity index (χ2v) is 4.53. The molecule has 2 rings (SSSR count). The van der Waals surface area contributed by atoms with Crippen LogP contribution >= 0.6 is 0 Å². The molecule has 0 atom stereocenters. The monoisotopic (exact) mass is 211 g/mol. The summed E-state index contributed by atoms with van der Waals surface area (Å²) in [7, 11) is 0. The molecule has 1 aromatic carbocycles. The fourth-order valence-electron chi connectivity index (χ4n) is 1.85. The highest BCUT2D eigenvalue weighted by molar-refractivity contribution is 5.64. The Morgan fingerprint density at radius 2 is 1.88 bits per heavy atom. The molecule has 0 aliphatic rings. The summed E-state index contributed by atoms with van der Waals surface area (Å²) in [5.41, 5.74) is 5.15. The molecule has 1 aromatic heterocycles. The zero-order chi connectivity index (χ0) is 11.5. The van der Waals surface area contributed by atoms with Crippen molar-refractivity contribution in [3.63, 3.8) is 0 Å². The van der Waals surface area contributed by atoms with Crippen LogP contribution in [0.4, 0.5) is 0 Å². The smallest absolute Gasteiger partial charge is 0.0346 e. The SMILES string of the molecule is Cc1cc(-c2cccnc2)cc(C(C)C)c1. The summed E-state index contributed by atoms with van der Waals surface area (Å²) in [6, 6.07) is 10.8. The summed E-state index contributed by atoms with van der Waals surface area (Å²) in [6.45, 7) is 6.59. The molecule has 1 nitrogen and oxygen atoms in total. The molecule has 1 heteroatoms. The molecule has 82 valence electrons. The minimum absolute atomic E-state index is 0.565.